The molecule has 3 unspecified atom stereocenters. The Bertz CT molecular complexity index is 182. The zero-order valence-corrected chi connectivity index (χ0v) is 12.6. The van der Waals surface area contributed by atoms with Crippen molar-refractivity contribution in [1.82, 2.24) is 0 Å². The van der Waals surface area contributed by atoms with E-state index < -0.39 is 0 Å². The summed E-state index contributed by atoms with van der Waals surface area (Å²) in [7, 11) is 0. The molecule has 1 nitrogen and oxygen atoms in total. The van der Waals surface area contributed by atoms with E-state index in [0.29, 0.717) is 5.92 Å². The Hall–Kier alpha value is 0.440. The molecule has 1 aliphatic carbocycles. The van der Waals surface area contributed by atoms with Crippen molar-refractivity contribution in [2.75, 3.05) is 13.2 Å². The molecule has 0 saturated heterocycles. The lowest BCUT2D eigenvalue weighted by atomic mass is 9.79. The second-order valence-electron chi connectivity index (χ2n) is 5.62. The number of hydrogen-bond acceptors (Lipinski definition) is 1. The highest BCUT2D eigenvalue weighted by Crippen LogP contribution is 2.36. The van der Waals surface area contributed by atoms with Crippen LogP contribution < -0.4 is 0 Å². The summed E-state index contributed by atoms with van der Waals surface area (Å²) in [6.45, 7) is 8.60. The predicted octanol–water partition coefficient (Wildman–Crippen LogP) is 4.64. The summed E-state index contributed by atoms with van der Waals surface area (Å²) < 4.78 is 5.69. The molecule has 0 amide bonds. The van der Waals surface area contributed by atoms with Crippen LogP contribution in [0.2, 0.25) is 0 Å². The van der Waals surface area contributed by atoms with Crippen LogP contribution >= 0.6 is 15.9 Å². The Kier molecular flexibility index (Phi) is 6.98. The Morgan fingerprint density at radius 3 is 2.69 bits per heavy atom. The topological polar surface area (TPSA) is 9.23 Å². The third-order valence-electron chi connectivity index (χ3n) is 3.66. The Morgan fingerprint density at radius 2 is 2.06 bits per heavy atom. The zero-order valence-electron chi connectivity index (χ0n) is 11.0. The highest BCUT2D eigenvalue weighted by Gasteiger charge is 2.27. The van der Waals surface area contributed by atoms with Gasteiger partial charge in [0, 0.05) is 18.0 Å². The van der Waals surface area contributed by atoms with Crippen LogP contribution in [0.5, 0.6) is 0 Å². The maximum atomic E-state index is 5.69. The summed E-state index contributed by atoms with van der Waals surface area (Å²) >= 11 is 3.84. The molecule has 0 aliphatic heterocycles. The highest BCUT2D eigenvalue weighted by molar-refractivity contribution is 9.09. The summed E-state index contributed by atoms with van der Waals surface area (Å²) in [5, 5.41) is 0. The first-order chi connectivity index (χ1) is 7.63. The van der Waals surface area contributed by atoms with E-state index in [2.05, 4.69) is 36.7 Å². The minimum atomic E-state index is 0.662. The van der Waals surface area contributed by atoms with Gasteiger partial charge in [-0.1, -0.05) is 43.1 Å². The fourth-order valence-corrected chi connectivity index (χ4v) is 3.29. The largest absolute Gasteiger partial charge is 0.381 e. The van der Waals surface area contributed by atoms with E-state index in [0.717, 1.165) is 29.9 Å². The molecule has 2 heteroatoms. The van der Waals surface area contributed by atoms with Crippen molar-refractivity contribution < 1.29 is 4.74 Å². The van der Waals surface area contributed by atoms with Gasteiger partial charge in [0.25, 0.3) is 0 Å². The van der Waals surface area contributed by atoms with Crippen molar-refractivity contribution in [2.24, 2.45) is 17.8 Å². The second-order valence-corrected chi connectivity index (χ2v) is 6.80. The molecule has 1 fully saturated rings. The fraction of sp³-hybridized carbons (Fsp3) is 1.00. The van der Waals surface area contributed by atoms with Crippen LogP contribution in [0.3, 0.4) is 0 Å². The van der Waals surface area contributed by atoms with Crippen molar-refractivity contribution in [3.8, 4) is 0 Å². The van der Waals surface area contributed by atoms with Gasteiger partial charge < -0.3 is 4.74 Å². The number of ether oxygens (including phenoxy) is 1. The molecule has 3 atom stereocenters. The molecule has 16 heavy (non-hydrogen) atoms. The van der Waals surface area contributed by atoms with E-state index in [1.165, 1.54) is 32.1 Å². The standard InChI is InChI=1S/C14H27BrO/c1-4-12-5-6-14(15)13(9-12)7-8-16-10-11(2)3/h11-14H,4-10H2,1-3H3. The molecule has 1 rings (SSSR count). The summed E-state index contributed by atoms with van der Waals surface area (Å²) in [6.07, 6.45) is 6.75. The molecular weight excluding hydrogens is 264 g/mol. The number of halogens is 1. The van der Waals surface area contributed by atoms with Crippen LogP contribution in [0.1, 0.15) is 52.9 Å². The second kappa shape index (κ2) is 7.71. The molecule has 0 aromatic rings. The quantitative estimate of drug-likeness (QED) is 0.512. The SMILES string of the molecule is CCC1CCC(Br)C(CCOCC(C)C)C1. The van der Waals surface area contributed by atoms with Gasteiger partial charge >= 0.3 is 0 Å². The monoisotopic (exact) mass is 290 g/mol. The van der Waals surface area contributed by atoms with Crippen LogP contribution in [0, 0.1) is 17.8 Å². The van der Waals surface area contributed by atoms with Crippen molar-refractivity contribution >= 4 is 15.9 Å². The van der Waals surface area contributed by atoms with Crippen molar-refractivity contribution in [3.05, 3.63) is 0 Å². The van der Waals surface area contributed by atoms with Crippen LogP contribution in [-0.2, 0) is 4.74 Å². The van der Waals surface area contributed by atoms with Crippen LogP contribution in [0.4, 0.5) is 0 Å². The lowest BCUT2D eigenvalue weighted by Crippen LogP contribution is -2.26. The molecule has 0 aromatic heterocycles. The Labute approximate surface area is 109 Å². The van der Waals surface area contributed by atoms with Gasteiger partial charge in [0.05, 0.1) is 0 Å². The Morgan fingerprint density at radius 1 is 1.31 bits per heavy atom. The third kappa shape index (κ3) is 5.18. The summed E-state index contributed by atoms with van der Waals surface area (Å²) in [5.74, 6) is 2.46. The average molecular weight is 291 g/mol. The van der Waals surface area contributed by atoms with Gasteiger partial charge in [-0.3, -0.25) is 0 Å². The van der Waals surface area contributed by atoms with E-state index in [9.17, 15) is 0 Å². The van der Waals surface area contributed by atoms with Crippen LogP contribution in [0.15, 0.2) is 0 Å². The molecular formula is C14H27BrO. The predicted molar refractivity (Wildman–Crippen MR) is 74.1 cm³/mol. The fourth-order valence-electron chi connectivity index (χ4n) is 2.55. The van der Waals surface area contributed by atoms with Crippen molar-refractivity contribution in [1.29, 1.82) is 0 Å². The molecule has 1 saturated carbocycles. The average Bonchev–Trinajstić information content (AvgIpc) is 2.26. The molecule has 0 N–H and O–H groups in total. The van der Waals surface area contributed by atoms with Gasteiger partial charge in [0.15, 0.2) is 0 Å². The molecule has 0 aromatic carbocycles. The third-order valence-corrected chi connectivity index (χ3v) is 4.87. The number of rotatable bonds is 6. The van der Waals surface area contributed by atoms with Crippen LogP contribution in [-0.4, -0.2) is 18.0 Å². The minimum absolute atomic E-state index is 0.662. The maximum Gasteiger partial charge on any atom is 0.0488 e. The van der Waals surface area contributed by atoms with Gasteiger partial charge in [-0.05, 0) is 43.4 Å². The van der Waals surface area contributed by atoms with E-state index in [4.69, 9.17) is 4.74 Å². The normalized spacial score (nSPS) is 30.9. The molecule has 96 valence electrons. The first-order valence-electron chi connectivity index (χ1n) is 6.85. The summed E-state index contributed by atoms with van der Waals surface area (Å²) in [5.41, 5.74) is 0. The maximum absolute atomic E-state index is 5.69. The minimum Gasteiger partial charge on any atom is -0.381 e. The Balaban J connectivity index is 2.18. The smallest absolute Gasteiger partial charge is 0.0488 e. The lowest BCUT2D eigenvalue weighted by molar-refractivity contribution is 0.0901. The van der Waals surface area contributed by atoms with E-state index in [1.54, 1.807) is 0 Å². The zero-order chi connectivity index (χ0) is 12.0. The van der Waals surface area contributed by atoms with Gasteiger partial charge in [-0.2, -0.15) is 0 Å². The summed E-state index contributed by atoms with van der Waals surface area (Å²) in [4.78, 5) is 0.734. The van der Waals surface area contributed by atoms with E-state index in [-0.39, 0.29) is 0 Å². The molecule has 1 aliphatic rings. The highest BCUT2D eigenvalue weighted by atomic mass is 79.9. The molecule has 0 bridgehead atoms. The van der Waals surface area contributed by atoms with Crippen LogP contribution in [0.25, 0.3) is 0 Å². The van der Waals surface area contributed by atoms with Gasteiger partial charge in [-0.25, -0.2) is 0 Å². The molecule has 0 heterocycles. The van der Waals surface area contributed by atoms with Gasteiger partial charge in [0.1, 0.15) is 0 Å². The van der Waals surface area contributed by atoms with E-state index >= 15 is 0 Å². The lowest BCUT2D eigenvalue weighted by Gasteiger charge is -2.32. The number of hydrogen-bond donors (Lipinski definition) is 0. The summed E-state index contributed by atoms with van der Waals surface area (Å²) in [6, 6.07) is 0. The van der Waals surface area contributed by atoms with Crippen molar-refractivity contribution in [2.45, 2.75) is 57.7 Å². The van der Waals surface area contributed by atoms with E-state index in [1.807, 2.05) is 0 Å². The van der Waals surface area contributed by atoms with Crippen molar-refractivity contribution in [3.63, 3.8) is 0 Å². The van der Waals surface area contributed by atoms with Gasteiger partial charge in [0.2, 0.25) is 0 Å². The molecule has 0 radical (unpaired) electrons. The number of alkyl halides is 1. The first-order valence-corrected chi connectivity index (χ1v) is 7.76. The first kappa shape index (κ1) is 14.5. The van der Waals surface area contributed by atoms with Gasteiger partial charge in [-0.15, -0.1) is 0 Å². The molecule has 0 spiro atoms.